The van der Waals surface area contributed by atoms with Gasteiger partial charge in [0.05, 0.1) is 5.75 Å². The summed E-state index contributed by atoms with van der Waals surface area (Å²) in [6.45, 7) is 2.03. The third kappa shape index (κ3) is 4.35. The molecule has 0 saturated heterocycles. The van der Waals surface area contributed by atoms with Gasteiger partial charge in [0, 0.05) is 15.5 Å². The van der Waals surface area contributed by atoms with Gasteiger partial charge in [0.25, 0.3) is 0 Å². The minimum atomic E-state index is -0.109. The van der Waals surface area contributed by atoms with Crippen molar-refractivity contribution in [2.24, 2.45) is 0 Å². The van der Waals surface area contributed by atoms with E-state index >= 15 is 0 Å². The number of rotatable bonds is 5. The first-order valence-corrected chi connectivity index (χ1v) is 9.37. The molecule has 2 aromatic carbocycles. The van der Waals surface area contributed by atoms with Crippen molar-refractivity contribution in [3.8, 4) is 10.6 Å². The standard InChI is InChI=1S/C17H14ClN3OS2/c1-11-4-2-3-5-14(11)16-20-21-17(24-16)19-15(22)10-23-13-8-6-12(18)7-9-13/h2-9H,10H2,1H3,(H,19,21,22). The van der Waals surface area contributed by atoms with Crippen LogP contribution in [0.5, 0.6) is 0 Å². The molecule has 0 fully saturated rings. The predicted molar refractivity (Wildman–Crippen MR) is 101 cm³/mol. The summed E-state index contributed by atoms with van der Waals surface area (Å²) in [5.41, 5.74) is 2.16. The summed E-state index contributed by atoms with van der Waals surface area (Å²) in [7, 11) is 0. The number of carbonyl (C=O) groups is 1. The second-order valence-electron chi connectivity index (χ2n) is 5.02. The van der Waals surface area contributed by atoms with Crippen LogP contribution in [0.25, 0.3) is 10.6 Å². The van der Waals surface area contributed by atoms with Crippen LogP contribution >= 0.6 is 34.7 Å². The summed E-state index contributed by atoms with van der Waals surface area (Å²) < 4.78 is 0. The Kier molecular flexibility index (Phi) is 5.50. The summed E-state index contributed by atoms with van der Waals surface area (Å²) in [6, 6.07) is 15.4. The largest absolute Gasteiger partial charge is 0.300 e. The Labute approximate surface area is 153 Å². The highest BCUT2D eigenvalue weighted by atomic mass is 35.5. The number of nitrogens with one attached hydrogen (secondary N) is 1. The molecular formula is C17H14ClN3OS2. The number of benzene rings is 2. The zero-order valence-electron chi connectivity index (χ0n) is 12.8. The minimum Gasteiger partial charge on any atom is -0.300 e. The monoisotopic (exact) mass is 375 g/mol. The molecule has 0 aliphatic rings. The summed E-state index contributed by atoms with van der Waals surface area (Å²) in [5, 5.41) is 13.0. The van der Waals surface area contributed by atoms with Gasteiger partial charge in [0.15, 0.2) is 0 Å². The Morgan fingerprint density at radius 1 is 1.17 bits per heavy atom. The second-order valence-corrected chi connectivity index (χ2v) is 7.48. The van der Waals surface area contributed by atoms with Gasteiger partial charge in [0.1, 0.15) is 5.01 Å². The van der Waals surface area contributed by atoms with Crippen LogP contribution in [0.3, 0.4) is 0 Å². The van der Waals surface area contributed by atoms with E-state index in [2.05, 4.69) is 15.5 Å². The van der Waals surface area contributed by atoms with Crippen LogP contribution in [0.2, 0.25) is 5.02 Å². The first kappa shape index (κ1) is 17.0. The Morgan fingerprint density at radius 3 is 2.67 bits per heavy atom. The van der Waals surface area contributed by atoms with Gasteiger partial charge < -0.3 is 0 Å². The van der Waals surface area contributed by atoms with Gasteiger partial charge in [-0.25, -0.2) is 0 Å². The van der Waals surface area contributed by atoms with Gasteiger partial charge in [-0.05, 0) is 36.8 Å². The lowest BCUT2D eigenvalue weighted by Crippen LogP contribution is -2.13. The fraction of sp³-hybridized carbons (Fsp3) is 0.118. The molecule has 0 aliphatic carbocycles. The summed E-state index contributed by atoms with van der Waals surface area (Å²) >= 11 is 8.66. The van der Waals surface area contributed by atoms with E-state index < -0.39 is 0 Å². The first-order chi connectivity index (χ1) is 11.6. The van der Waals surface area contributed by atoms with Gasteiger partial charge in [-0.1, -0.05) is 47.2 Å². The maximum absolute atomic E-state index is 12.0. The van der Waals surface area contributed by atoms with Gasteiger partial charge in [0.2, 0.25) is 11.0 Å². The minimum absolute atomic E-state index is 0.109. The van der Waals surface area contributed by atoms with Crippen LogP contribution < -0.4 is 5.32 Å². The lowest BCUT2D eigenvalue weighted by molar-refractivity contribution is -0.113. The molecule has 1 aromatic heterocycles. The predicted octanol–water partition coefficient (Wildman–Crippen LogP) is 4.90. The van der Waals surface area contributed by atoms with Crippen LogP contribution in [0.1, 0.15) is 5.56 Å². The molecule has 3 aromatic rings. The number of carbonyl (C=O) groups excluding carboxylic acids is 1. The van der Waals surface area contributed by atoms with Crippen molar-refractivity contribution < 1.29 is 4.79 Å². The molecule has 1 N–H and O–H groups in total. The molecule has 122 valence electrons. The number of hydrogen-bond donors (Lipinski definition) is 1. The molecule has 0 bridgehead atoms. The molecule has 0 radical (unpaired) electrons. The van der Waals surface area contributed by atoms with Crippen LogP contribution in [0.4, 0.5) is 5.13 Å². The van der Waals surface area contributed by atoms with Gasteiger partial charge in [-0.15, -0.1) is 22.0 Å². The van der Waals surface area contributed by atoms with Crippen molar-refractivity contribution in [2.45, 2.75) is 11.8 Å². The summed E-state index contributed by atoms with van der Waals surface area (Å²) in [4.78, 5) is 13.0. The highest BCUT2D eigenvalue weighted by molar-refractivity contribution is 8.00. The fourth-order valence-electron chi connectivity index (χ4n) is 2.03. The second kappa shape index (κ2) is 7.79. The summed E-state index contributed by atoms with van der Waals surface area (Å²) in [5.74, 6) is 0.198. The quantitative estimate of drug-likeness (QED) is 0.644. The zero-order valence-corrected chi connectivity index (χ0v) is 15.2. The van der Waals surface area contributed by atoms with E-state index in [0.29, 0.717) is 15.9 Å². The molecule has 0 atom stereocenters. The SMILES string of the molecule is Cc1ccccc1-c1nnc(NC(=O)CSc2ccc(Cl)cc2)s1. The van der Waals surface area contributed by atoms with E-state index in [-0.39, 0.29) is 5.91 Å². The van der Waals surface area contributed by atoms with Crippen molar-refractivity contribution in [3.63, 3.8) is 0 Å². The van der Waals surface area contributed by atoms with E-state index in [9.17, 15) is 4.79 Å². The third-order valence-electron chi connectivity index (χ3n) is 3.23. The number of halogens is 1. The van der Waals surface area contributed by atoms with Gasteiger partial charge >= 0.3 is 0 Å². The number of aryl methyl sites for hydroxylation is 1. The number of nitrogens with zero attached hydrogens (tertiary/aromatic N) is 2. The van der Waals surface area contributed by atoms with E-state index in [1.54, 1.807) is 12.1 Å². The van der Waals surface area contributed by atoms with Crippen molar-refractivity contribution in [2.75, 3.05) is 11.1 Å². The van der Waals surface area contributed by atoms with Crippen molar-refractivity contribution in [1.29, 1.82) is 0 Å². The van der Waals surface area contributed by atoms with Crippen LogP contribution in [0, 0.1) is 6.92 Å². The van der Waals surface area contributed by atoms with Gasteiger partial charge in [-0.2, -0.15) is 0 Å². The van der Waals surface area contributed by atoms with E-state index in [1.807, 2.05) is 43.3 Å². The first-order valence-electron chi connectivity index (χ1n) is 7.19. The Morgan fingerprint density at radius 2 is 1.92 bits per heavy atom. The zero-order chi connectivity index (χ0) is 16.9. The Hall–Kier alpha value is -1.89. The maximum atomic E-state index is 12.0. The molecule has 0 spiro atoms. The molecular weight excluding hydrogens is 362 g/mol. The molecule has 0 unspecified atom stereocenters. The van der Waals surface area contributed by atoms with E-state index in [4.69, 9.17) is 11.6 Å². The molecule has 1 heterocycles. The number of thioether (sulfide) groups is 1. The molecule has 3 rings (SSSR count). The lowest BCUT2D eigenvalue weighted by atomic mass is 10.1. The number of amides is 1. The van der Waals surface area contributed by atoms with Gasteiger partial charge in [-0.3, -0.25) is 10.1 Å². The van der Waals surface area contributed by atoms with Crippen molar-refractivity contribution >= 4 is 45.7 Å². The number of aromatic nitrogens is 2. The van der Waals surface area contributed by atoms with Crippen molar-refractivity contribution in [3.05, 3.63) is 59.1 Å². The molecule has 7 heteroatoms. The topological polar surface area (TPSA) is 54.9 Å². The van der Waals surface area contributed by atoms with Crippen molar-refractivity contribution in [1.82, 2.24) is 10.2 Å². The van der Waals surface area contributed by atoms with Crippen LogP contribution in [0.15, 0.2) is 53.4 Å². The Balaban J connectivity index is 1.59. The fourth-order valence-corrected chi connectivity index (χ4v) is 3.71. The lowest BCUT2D eigenvalue weighted by Gasteiger charge is -2.02. The highest BCUT2D eigenvalue weighted by Crippen LogP contribution is 2.29. The average molecular weight is 376 g/mol. The third-order valence-corrected chi connectivity index (χ3v) is 5.37. The molecule has 4 nitrogen and oxygen atoms in total. The van der Waals surface area contributed by atoms with Crippen LogP contribution in [-0.4, -0.2) is 21.9 Å². The highest BCUT2D eigenvalue weighted by Gasteiger charge is 2.11. The number of anilines is 1. The van der Waals surface area contributed by atoms with Crippen LogP contribution in [-0.2, 0) is 4.79 Å². The molecule has 1 amide bonds. The maximum Gasteiger partial charge on any atom is 0.236 e. The molecule has 0 saturated carbocycles. The van der Waals surface area contributed by atoms with E-state index in [1.165, 1.54) is 23.1 Å². The smallest absolute Gasteiger partial charge is 0.236 e. The summed E-state index contributed by atoms with van der Waals surface area (Å²) in [6.07, 6.45) is 0. The average Bonchev–Trinajstić information content (AvgIpc) is 3.03. The van der Waals surface area contributed by atoms with E-state index in [0.717, 1.165) is 21.0 Å². The normalized spacial score (nSPS) is 10.6. The number of hydrogen-bond acceptors (Lipinski definition) is 5. The molecule has 24 heavy (non-hydrogen) atoms. The Bertz CT molecular complexity index is 849. The molecule has 0 aliphatic heterocycles.